The number of halogens is 2. The van der Waals surface area contributed by atoms with Gasteiger partial charge in [-0.25, -0.2) is 4.39 Å². The highest BCUT2D eigenvalue weighted by Crippen LogP contribution is 2.16. The third kappa shape index (κ3) is 1.73. The van der Waals surface area contributed by atoms with Crippen LogP contribution in [0.4, 0.5) is 4.39 Å². The van der Waals surface area contributed by atoms with Gasteiger partial charge in [0.2, 0.25) is 0 Å². The first-order valence-electron chi connectivity index (χ1n) is 3.68. The number of nitrogens with one attached hydrogen (secondary N) is 1. The Morgan fingerprint density at radius 1 is 1.42 bits per heavy atom. The van der Waals surface area contributed by atoms with Gasteiger partial charge in [-0.3, -0.25) is 4.98 Å². The van der Waals surface area contributed by atoms with Crippen LogP contribution in [-0.4, -0.2) is 18.1 Å². The maximum Gasteiger partial charge on any atom is 0.141 e. The molecule has 0 aliphatic carbocycles. The topological polar surface area (TPSA) is 24.9 Å². The van der Waals surface area contributed by atoms with Crippen molar-refractivity contribution in [2.45, 2.75) is 5.92 Å². The monoisotopic (exact) mass is 188 g/mol. The van der Waals surface area contributed by atoms with Crippen LogP contribution in [0.3, 0.4) is 0 Å². The van der Waals surface area contributed by atoms with Crippen molar-refractivity contribution in [3.05, 3.63) is 29.8 Å². The highest BCUT2D eigenvalue weighted by Gasteiger charge is 2.19. The molecule has 0 atom stereocenters. The van der Waals surface area contributed by atoms with Gasteiger partial charge in [0.15, 0.2) is 0 Å². The Balaban J connectivity index is 0.000000720. The summed E-state index contributed by atoms with van der Waals surface area (Å²) in [5.41, 5.74) is 0.991. The summed E-state index contributed by atoms with van der Waals surface area (Å²) in [6, 6.07) is 3.21. The van der Waals surface area contributed by atoms with Crippen molar-refractivity contribution in [2.75, 3.05) is 13.1 Å². The SMILES string of the molecule is Cl.Fc1ccc(C2CNC2)nc1. The molecule has 1 aliphatic heterocycles. The number of hydrogen-bond donors (Lipinski definition) is 1. The van der Waals surface area contributed by atoms with Crippen LogP contribution in [0.2, 0.25) is 0 Å². The number of aromatic nitrogens is 1. The third-order valence-electron chi connectivity index (χ3n) is 1.95. The molecule has 1 fully saturated rings. The van der Waals surface area contributed by atoms with E-state index >= 15 is 0 Å². The molecule has 1 aliphatic rings. The summed E-state index contributed by atoms with van der Waals surface area (Å²) in [6.45, 7) is 1.94. The van der Waals surface area contributed by atoms with Crippen molar-refractivity contribution in [1.29, 1.82) is 0 Å². The first-order valence-corrected chi connectivity index (χ1v) is 3.68. The fourth-order valence-electron chi connectivity index (χ4n) is 1.13. The first kappa shape index (κ1) is 9.42. The molecule has 1 N–H and O–H groups in total. The molecule has 66 valence electrons. The predicted octanol–water partition coefficient (Wildman–Crippen LogP) is 1.33. The largest absolute Gasteiger partial charge is 0.315 e. The van der Waals surface area contributed by atoms with Gasteiger partial charge in [-0.15, -0.1) is 12.4 Å². The standard InChI is InChI=1S/C8H9FN2.ClH/c9-7-1-2-8(11-5-7)6-3-10-4-6;/h1-2,5-6,10H,3-4H2;1H. The van der Waals surface area contributed by atoms with E-state index in [1.807, 2.05) is 0 Å². The van der Waals surface area contributed by atoms with Crippen LogP contribution in [0.5, 0.6) is 0 Å². The number of pyridine rings is 1. The lowest BCUT2D eigenvalue weighted by atomic mass is 9.99. The molecule has 0 amide bonds. The Bertz CT molecular complexity index is 246. The van der Waals surface area contributed by atoms with Gasteiger partial charge in [0.1, 0.15) is 5.82 Å². The minimum Gasteiger partial charge on any atom is -0.315 e. The fraction of sp³-hybridized carbons (Fsp3) is 0.375. The Hall–Kier alpha value is -0.670. The van der Waals surface area contributed by atoms with Crippen LogP contribution < -0.4 is 5.32 Å². The molecule has 0 saturated carbocycles. The van der Waals surface area contributed by atoms with Gasteiger partial charge in [-0.05, 0) is 12.1 Å². The Kier molecular flexibility index (Phi) is 3.00. The average molecular weight is 189 g/mol. The van der Waals surface area contributed by atoms with E-state index in [0.29, 0.717) is 5.92 Å². The minimum absolute atomic E-state index is 0. The molecule has 4 heteroatoms. The summed E-state index contributed by atoms with van der Waals surface area (Å²) in [6.07, 6.45) is 1.27. The molecule has 1 aromatic rings. The van der Waals surface area contributed by atoms with Crippen LogP contribution in [0.15, 0.2) is 18.3 Å². The molecular weight excluding hydrogens is 179 g/mol. The third-order valence-corrected chi connectivity index (χ3v) is 1.95. The van der Waals surface area contributed by atoms with E-state index in [-0.39, 0.29) is 18.2 Å². The fourth-order valence-corrected chi connectivity index (χ4v) is 1.13. The van der Waals surface area contributed by atoms with Gasteiger partial charge in [-0.2, -0.15) is 0 Å². The van der Waals surface area contributed by atoms with Crippen molar-refractivity contribution in [3.8, 4) is 0 Å². The maximum atomic E-state index is 12.4. The molecule has 2 heterocycles. The van der Waals surface area contributed by atoms with E-state index in [4.69, 9.17) is 0 Å². The second kappa shape index (κ2) is 3.83. The predicted molar refractivity (Wildman–Crippen MR) is 47.1 cm³/mol. The number of hydrogen-bond acceptors (Lipinski definition) is 2. The van der Waals surface area contributed by atoms with Crippen LogP contribution in [-0.2, 0) is 0 Å². The highest BCUT2D eigenvalue weighted by atomic mass is 35.5. The Morgan fingerprint density at radius 3 is 2.58 bits per heavy atom. The maximum absolute atomic E-state index is 12.4. The van der Waals surface area contributed by atoms with Crippen LogP contribution in [0, 0.1) is 5.82 Å². The van der Waals surface area contributed by atoms with E-state index in [2.05, 4.69) is 10.3 Å². The molecule has 2 rings (SSSR count). The minimum atomic E-state index is -0.263. The van der Waals surface area contributed by atoms with Gasteiger partial charge in [0, 0.05) is 24.7 Å². The van der Waals surface area contributed by atoms with Crippen molar-refractivity contribution in [1.82, 2.24) is 10.3 Å². The lowest BCUT2D eigenvalue weighted by Crippen LogP contribution is -2.40. The zero-order chi connectivity index (χ0) is 7.68. The van der Waals surface area contributed by atoms with E-state index in [0.717, 1.165) is 18.8 Å². The lowest BCUT2D eigenvalue weighted by molar-refractivity contribution is 0.438. The quantitative estimate of drug-likeness (QED) is 0.720. The van der Waals surface area contributed by atoms with Crippen LogP contribution in [0.1, 0.15) is 11.6 Å². The number of rotatable bonds is 1. The summed E-state index contributed by atoms with van der Waals surface area (Å²) < 4.78 is 12.4. The summed E-state index contributed by atoms with van der Waals surface area (Å²) in [7, 11) is 0. The molecule has 0 unspecified atom stereocenters. The van der Waals surface area contributed by atoms with E-state index in [1.165, 1.54) is 12.3 Å². The molecule has 1 saturated heterocycles. The van der Waals surface area contributed by atoms with Gasteiger partial charge in [0.05, 0.1) is 6.20 Å². The highest BCUT2D eigenvalue weighted by molar-refractivity contribution is 5.85. The molecule has 0 bridgehead atoms. The van der Waals surface area contributed by atoms with Crippen molar-refractivity contribution in [3.63, 3.8) is 0 Å². The summed E-state index contributed by atoms with van der Waals surface area (Å²) in [4.78, 5) is 3.99. The second-order valence-corrected chi connectivity index (χ2v) is 2.76. The van der Waals surface area contributed by atoms with Crippen molar-refractivity contribution >= 4 is 12.4 Å². The normalized spacial score (nSPS) is 16.4. The molecular formula is C8H10ClFN2. The molecule has 1 aromatic heterocycles. The van der Waals surface area contributed by atoms with E-state index in [9.17, 15) is 4.39 Å². The molecule has 0 spiro atoms. The molecule has 0 radical (unpaired) electrons. The molecule has 2 nitrogen and oxygen atoms in total. The van der Waals surface area contributed by atoms with Gasteiger partial charge in [-0.1, -0.05) is 0 Å². The molecule has 12 heavy (non-hydrogen) atoms. The van der Waals surface area contributed by atoms with E-state index in [1.54, 1.807) is 6.07 Å². The zero-order valence-electron chi connectivity index (χ0n) is 6.46. The van der Waals surface area contributed by atoms with Crippen molar-refractivity contribution < 1.29 is 4.39 Å². The molecule has 0 aromatic carbocycles. The van der Waals surface area contributed by atoms with Gasteiger partial charge < -0.3 is 5.32 Å². The average Bonchev–Trinajstić information content (AvgIpc) is 1.90. The lowest BCUT2D eigenvalue weighted by Gasteiger charge is -2.26. The van der Waals surface area contributed by atoms with Gasteiger partial charge >= 0.3 is 0 Å². The van der Waals surface area contributed by atoms with Crippen molar-refractivity contribution in [2.24, 2.45) is 0 Å². The van der Waals surface area contributed by atoms with Crippen LogP contribution >= 0.6 is 12.4 Å². The Labute approximate surface area is 76.6 Å². The smallest absolute Gasteiger partial charge is 0.141 e. The number of nitrogens with zero attached hydrogens (tertiary/aromatic N) is 1. The zero-order valence-corrected chi connectivity index (χ0v) is 7.27. The van der Waals surface area contributed by atoms with Gasteiger partial charge in [0.25, 0.3) is 0 Å². The second-order valence-electron chi connectivity index (χ2n) is 2.76. The summed E-state index contributed by atoms with van der Waals surface area (Å²) >= 11 is 0. The first-order chi connectivity index (χ1) is 5.36. The Morgan fingerprint density at radius 2 is 2.17 bits per heavy atom. The summed E-state index contributed by atoms with van der Waals surface area (Å²) in [5, 5.41) is 3.14. The summed E-state index contributed by atoms with van der Waals surface area (Å²) in [5.74, 6) is 0.233. The van der Waals surface area contributed by atoms with E-state index < -0.39 is 0 Å². The van der Waals surface area contributed by atoms with Crippen LogP contribution in [0.25, 0.3) is 0 Å².